The van der Waals surface area contributed by atoms with Crippen molar-refractivity contribution < 1.29 is 9.53 Å². The number of anilines is 1. The summed E-state index contributed by atoms with van der Waals surface area (Å²) in [6.07, 6.45) is 3.72. The van der Waals surface area contributed by atoms with E-state index in [4.69, 9.17) is 0 Å². The number of esters is 1. The van der Waals surface area contributed by atoms with Crippen LogP contribution >= 0.6 is 0 Å². The zero-order valence-corrected chi connectivity index (χ0v) is 13.0. The first-order chi connectivity index (χ1) is 10.1. The van der Waals surface area contributed by atoms with Crippen LogP contribution in [0.1, 0.15) is 43.6 Å². The smallest absolute Gasteiger partial charge is 0.358 e. The van der Waals surface area contributed by atoms with Crippen LogP contribution in [0.5, 0.6) is 0 Å². The number of carbonyl (C=O) groups excluding carboxylic acids is 1. The zero-order chi connectivity index (χ0) is 15.2. The Morgan fingerprint density at radius 2 is 2.24 bits per heavy atom. The lowest BCUT2D eigenvalue weighted by molar-refractivity contribution is 0.0592. The van der Waals surface area contributed by atoms with Gasteiger partial charge in [0.2, 0.25) is 0 Å². The summed E-state index contributed by atoms with van der Waals surface area (Å²) in [4.78, 5) is 13.6. The Morgan fingerprint density at radius 3 is 2.76 bits per heavy atom. The molecule has 0 radical (unpaired) electrons. The Balaban J connectivity index is 2.08. The standard InChI is InChI=1S/C15H24N4O2/c1-11(2)19(10-12-6-4-5-9-16-12)14-8-7-13(17-18-14)15(20)21-3/h7-8,11-12,16H,4-6,9-10H2,1-3H3. The minimum absolute atomic E-state index is 0.237. The Kier molecular flexibility index (Phi) is 5.50. The predicted octanol–water partition coefficient (Wildman–Crippen LogP) is 1.62. The molecule has 0 spiro atoms. The van der Waals surface area contributed by atoms with Gasteiger partial charge >= 0.3 is 5.97 Å². The van der Waals surface area contributed by atoms with E-state index in [9.17, 15) is 4.79 Å². The van der Waals surface area contributed by atoms with Gasteiger partial charge in [-0.3, -0.25) is 0 Å². The average molecular weight is 292 g/mol. The summed E-state index contributed by atoms with van der Waals surface area (Å²) in [5.74, 6) is 0.337. The number of ether oxygens (including phenoxy) is 1. The van der Waals surface area contributed by atoms with Gasteiger partial charge < -0.3 is 15.0 Å². The molecule has 1 fully saturated rings. The van der Waals surface area contributed by atoms with E-state index in [1.807, 2.05) is 6.07 Å². The van der Waals surface area contributed by atoms with E-state index in [2.05, 4.69) is 39.0 Å². The predicted molar refractivity (Wildman–Crippen MR) is 81.5 cm³/mol. The lowest BCUT2D eigenvalue weighted by Gasteiger charge is -2.33. The third kappa shape index (κ3) is 4.14. The molecule has 0 aliphatic carbocycles. The molecule has 0 aromatic carbocycles. The second-order valence-corrected chi connectivity index (χ2v) is 5.66. The molecular formula is C15H24N4O2. The van der Waals surface area contributed by atoms with Crippen LogP contribution in [0.4, 0.5) is 5.82 Å². The van der Waals surface area contributed by atoms with E-state index in [1.165, 1.54) is 26.4 Å². The fourth-order valence-corrected chi connectivity index (χ4v) is 2.58. The van der Waals surface area contributed by atoms with E-state index in [0.717, 1.165) is 18.9 Å². The molecule has 0 saturated carbocycles. The molecule has 6 heteroatoms. The molecule has 2 heterocycles. The molecule has 0 amide bonds. The van der Waals surface area contributed by atoms with Crippen LogP contribution in [0.2, 0.25) is 0 Å². The fraction of sp³-hybridized carbons (Fsp3) is 0.667. The van der Waals surface area contributed by atoms with Gasteiger partial charge in [-0.05, 0) is 45.4 Å². The highest BCUT2D eigenvalue weighted by Gasteiger charge is 2.20. The SMILES string of the molecule is COC(=O)c1ccc(N(CC2CCCCN2)C(C)C)nn1. The van der Waals surface area contributed by atoms with E-state index in [-0.39, 0.29) is 5.69 Å². The summed E-state index contributed by atoms with van der Waals surface area (Å²) in [7, 11) is 1.34. The maximum absolute atomic E-state index is 11.4. The molecule has 1 atom stereocenters. The van der Waals surface area contributed by atoms with Gasteiger partial charge in [0.05, 0.1) is 7.11 Å². The normalized spacial score (nSPS) is 18.6. The second-order valence-electron chi connectivity index (χ2n) is 5.66. The summed E-state index contributed by atoms with van der Waals surface area (Å²) < 4.78 is 4.64. The second kappa shape index (κ2) is 7.36. The van der Waals surface area contributed by atoms with Gasteiger partial charge in [-0.2, -0.15) is 0 Å². The van der Waals surface area contributed by atoms with Gasteiger partial charge in [-0.1, -0.05) is 6.42 Å². The number of hydrogen-bond donors (Lipinski definition) is 1. The number of rotatable bonds is 5. The van der Waals surface area contributed by atoms with Crippen molar-refractivity contribution in [2.45, 2.75) is 45.2 Å². The number of aromatic nitrogens is 2. The highest BCUT2D eigenvalue weighted by Crippen LogP contribution is 2.17. The molecule has 1 aromatic rings. The van der Waals surface area contributed by atoms with Gasteiger partial charge in [0, 0.05) is 18.6 Å². The minimum Gasteiger partial charge on any atom is -0.464 e. The van der Waals surface area contributed by atoms with Crippen molar-refractivity contribution in [3.05, 3.63) is 17.8 Å². The monoisotopic (exact) mass is 292 g/mol. The van der Waals surface area contributed by atoms with Crippen molar-refractivity contribution in [1.82, 2.24) is 15.5 Å². The molecule has 1 N–H and O–H groups in total. The Labute approximate surface area is 125 Å². The van der Waals surface area contributed by atoms with Gasteiger partial charge in [-0.15, -0.1) is 10.2 Å². The lowest BCUT2D eigenvalue weighted by Crippen LogP contribution is -2.46. The number of carbonyl (C=O) groups is 1. The van der Waals surface area contributed by atoms with Crippen LogP contribution in [-0.2, 0) is 4.74 Å². The number of methoxy groups -OCH3 is 1. The first-order valence-electron chi connectivity index (χ1n) is 7.54. The molecule has 0 bridgehead atoms. The van der Waals surface area contributed by atoms with E-state index >= 15 is 0 Å². The lowest BCUT2D eigenvalue weighted by atomic mass is 10.0. The first kappa shape index (κ1) is 15.7. The molecule has 116 valence electrons. The summed E-state index contributed by atoms with van der Waals surface area (Å²) in [6, 6.07) is 4.31. The molecule has 1 unspecified atom stereocenters. The number of piperidine rings is 1. The largest absolute Gasteiger partial charge is 0.464 e. The summed E-state index contributed by atoms with van der Waals surface area (Å²) >= 11 is 0. The molecule has 2 rings (SSSR count). The van der Waals surface area contributed by atoms with Gasteiger partial charge in [-0.25, -0.2) is 4.79 Å². The average Bonchev–Trinajstić information content (AvgIpc) is 2.53. The quantitative estimate of drug-likeness (QED) is 0.832. The third-order valence-corrected chi connectivity index (χ3v) is 3.79. The van der Waals surface area contributed by atoms with Crippen molar-refractivity contribution in [1.29, 1.82) is 0 Å². The topological polar surface area (TPSA) is 67.3 Å². The maximum atomic E-state index is 11.4. The molecule has 21 heavy (non-hydrogen) atoms. The third-order valence-electron chi connectivity index (χ3n) is 3.79. The fourth-order valence-electron chi connectivity index (χ4n) is 2.58. The number of hydrogen-bond acceptors (Lipinski definition) is 6. The highest BCUT2D eigenvalue weighted by molar-refractivity contribution is 5.86. The van der Waals surface area contributed by atoms with Crippen molar-refractivity contribution >= 4 is 11.8 Å². The van der Waals surface area contributed by atoms with Gasteiger partial charge in [0.25, 0.3) is 0 Å². The molecule has 1 aliphatic rings. The van der Waals surface area contributed by atoms with Crippen LogP contribution in [0.25, 0.3) is 0 Å². The maximum Gasteiger partial charge on any atom is 0.358 e. The molecular weight excluding hydrogens is 268 g/mol. The molecule has 1 aliphatic heterocycles. The minimum atomic E-state index is -0.459. The highest BCUT2D eigenvalue weighted by atomic mass is 16.5. The first-order valence-corrected chi connectivity index (χ1v) is 7.54. The summed E-state index contributed by atoms with van der Waals surface area (Å²) in [5, 5.41) is 11.7. The molecule has 6 nitrogen and oxygen atoms in total. The summed E-state index contributed by atoms with van der Waals surface area (Å²) in [6.45, 7) is 6.27. The van der Waals surface area contributed by atoms with Crippen molar-refractivity contribution in [3.8, 4) is 0 Å². The van der Waals surface area contributed by atoms with Gasteiger partial charge in [0.1, 0.15) is 0 Å². The molecule has 1 saturated heterocycles. The van der Waals surface area contributed by atoms with Crippen LogP contribution < -0.4 is 10.2 Å². The van der Waals surface area contributed by atoms with Crippen LogP contribution in [0.3, 0.4) is 0 Å². The van der Waals surface area contributed by atoms with Crippen LogP contribution in [0.15, 0.2) is 12.1 Å². The Bertz CT molecular complexity index is 455. The Hall–Kier alpha value is -1.69. The van der Waals surface area contributed by atoms with E-state index in [1.54, 1.807) is 6.07 Å². The van der Waals surface area contributed by atoms with Crippen molar-refractivity contribution in [3.63, 3.8) is 0 Å². The van der Waals surface area contributed by atoms with Gasteiger partial charge in [0.15, 0.2) is 11.5 Å². The Morgan fingerprint density at radius 1 is 1.43 bits per heavy atom. The van der Waals surface area contributed by atoms with E-state index in [0.29, 0.717) is 12.1 Å². The van der Waals surface area contributed by atoms with Crippen LogP contribution in [-0.4, -0.2) is 48.4 Å². The van der Waals surface area contributed by atoms with Crippen molar-refractivity contribution in [2.24, 2.45) is 0 Å². The van der Waals surface area contributed by atoms with E-state index < -0.39 is 5.97 Å². The number of nitrogens with one attached hydrogen (secondary N) is 1. The molecule has 1 aromatic heterocycles. The number of nitrogens with zero attached hydrogens (tertiary/aromatic N) is 3. The zero-order valence-electron chi connectivity index (χ0n) is 13.0. The summed E-state index contributed by atoms with van der Waals surface area (Å²) in [5.41, 5.74) is 0.237. The van der Waals surface area contributed by atoms with Crippen molar-refractivity contribution in [2.75, 3.05) is 25.1 Å². The van der Waals surface area contributed by atoms with Crippen LogP contribution in [0, 0.1) is 0 Å².